The van der Waals surface area contributed by atoms with Crippen molar-refractivity contribution in [2.24, 2.45) is 0 Å². The van der Waals surface area contributed by atoms with E-state index in [4.69, 9.17) is 9.47 Å². The van der Waals surface area contributed by atoms with Gasteiger partial charge in [-0.25, -0.2) is 4.98 Å². The fraction of sp³-hybridized carbons (Fsp3) is 0.312. The highest BCUT2D eigenvalue weighted by Crippen LogP contribution is 2.15. The van der Waals surface area contributed by atoms with Crippen molar-refractivity contribution < 1.29 is 9.47 Å². The van der Waals surface area contributed by atoms with Gasteiger partial charge in [0.05, 0.1) is 12.3 Å². The molecule has 0 saturated heterocycles. The van der Waals surface area contributed by atoms with Crippen LogP contribution in [0, 0.1) is 0 Å². The summed E-state index contributed by atoms with van der Waals surface area (Å²) in [5.41, 5.74) is 2.00. The Kier molecular flexibility index (Phi) is 5.38. The summed E-state index contributed by atoms with van der Waals surface area (Å²) in [6.45, 7) is 3.95. The van der Waals surface area contributed by atoms with Crippen molar-refractivity contribution in [3.63, 3.8) is 0 Å². The molecule has 0 aliphatic carbocycles. The predicted octanol–water partition coefficient (Wildman–Crippen LogP) is 3.24. The number of pyridine rings is 1. The van der Waals surface area contributed by atoms with Crippen LogP contribution in [-0.2, 0) is 18.0 Å². The van der Waals surface area contributed by atoms with Gasteiger partial charge in [0.25, 0.3) is 0 Å². The van der Waals surface area contributed by atoms with E-state index in [2.05, 4.69) is 10.3 Å². The Morgan fingerprint density at radius 3 is 2.75 bits per heavy atom. The molecule has 20 heavy (non-hydrogen) atoms. The first-order chi connectivity index (χ1) is 9.81. The fourth-order valence-electron chi connectivity index (χ4n) is 1.89. The maximum absolute atomic E-state index is 5.77. The van der Waals surface area contributed by atoms with Crippen molar-refractivity contribution in [1.82, 2.24) is 4.98 Å². The summed E-state index contributed by atoms with van der Waals surface area (Å²) in [6, 6.07) is 13.8. The van der Waals surface area contributed by atoms with Gasteiger partial charge in [-0.2, -0.15) is 0 Å². The Morgan fingerprint density at radius 2 is 1.95 bits per heavy atom. The maximum Gasteiger partial charge on any atom is 0.130 e. The Labute approximate surface area is 119 Å². The van der Waals surface area contributed by atoms with E-state index in [1.54, 1.807) is 7.11 Å². The average molecular weight is 272 g/mol. The minimum absolute atomic E-state index is 0.454. The normalized spacial score (nSPS) is 10.3. The quantitative estimate of drug-likeness (QED) is 0.840. The molecule has 0 spiro atoms. The van der Waals surface area contributed by atoms with E-state index in [1.165, 1.54) is 0 Å². The molecule has 2 rings (SSSR count). The molecule has 1 aromatic heterocycles. The highest BCUT2D eigenvalue weighted by molar-refractivity contribution is 5.35. The number of anilines is 1. The summed E-state index contributed by atoms with van der Waals surface area (Å²) < 4.78 is 10.9. The van der Waals surface area contributed by atoms with E-state index in [-0.39, 0.29) is 0 Å². The van der Waals surface area contributed by atoms with Gasteiger partial charge in [0, 0.05) is 13.7 Å². The molecule has 106 valence electrons. The molecule has 2 aromatic rings. The maximum atomic E-state index is 5.77. The standard InChI is InChI=1S/C16H20N2O2/c1-3-17-16-9-5-7-14(18-16)12-20-15-8-4-6-13(10-15)11-19-2/h4-10H,3,11-12H2,1-2H3,(H,17,18). The van der Waals surface area contributed by atoms with Gasteiger partial charge in [0.1, 0.15) is 18.2 Å². The summed E-state index contributed by atoms with van der Waals surface area (Å²) in [7, 11) is 1.68. The van der Waals surface area contributed by atoms with Crippen LogP contribution in [0.25, 0.3) is 0 Å². The number of nitrogens with zero attached hydrogens (tertiary/aromatic N) is 1. The van der Waals surface area contributed by atoms with Crippen LogP contribution in [0.1, 0.15) is 18.2 Å². The van der Waals surface area contributed by atoms with Crippen LogP contribution >= 0.6 is 0 Å². The molecule has 0 radical (unpaired) electrons. The van der Waals surface area contributed by atoms with Crippen molar-refractivity contribution in [1.29, 1.82) is 0 Å². The number of rotatable bonds is 7. The predicted molar refractivity (Wildman–Crippen MR) is 79.9 cm³/mol. The smallest absolute Gasteiger partial charge is 0.130 e. The summed E-state index contributed by atoms with van der Waals surface area (Å²) >= 11 is 0. The minimum atomic E-state index is 0.454. The highest BCUT2D eigenvalue weighted by atomic mass is 16.5. The number of nitrogens with one attached hydrogen (secondary N) is 1. The zero-order chi connectivity index (χ0) is 14.2. The number of ether oxygens (including phenoxy) is 2. The Hall–Kier alpha value is -2.07. The van der Waals surface area contributed by atoms with E-state index < -0.39 is 0 Å². The lowest BCUT2D eigenvalue weighted by atomic mass is 10.2. The lowest BCUT2D eigenvalue weighted by Crippen LogP contribution is -2.03. The summed E-state index contributed by atoms with van der Waals surface area (Å²) in [5, 5.41) is 3.19. The Morgan fingerprint density at radius 1 is 1.10 bits per heavy atom. The average Bonchev–Trinajstić information content (AvgIpc) is 2.47. The first-order valence-corrected chi connectivity index (χ1v) is 6.72. The first kappa shape index (κ1) is 14.3. The molecule has 0 amide bonds. The zero-order valence-corrected chi connectivity index (χ0v) is 11.9. The molecule has 0 unspecified atom stereocenters. The minimum Gasteiger partial charge on any atom is -0.487 e. The molecule has 1 heterocycles. The van der Waals surface area contributed by atoms with E-state index in [0.29, 0.717) is 13.2 Å². The number of hydrogen-bond donors (Lipinski definition) is 1. The van der Waals surface area contributed by atoms with Crippen LogP contribution in [-0.4, -0.2) is 18.6 Å². The summed E-state index contributed by atoms with van der Waals surface area (Å²) in [6.07, 6.45) is 0. The van der Waals surface area contributed by atoms with E-state index in [0.717, 1.165) is 29.4 Å². The molecule has 1 N–H and O–H groups in total. The largest absolute Gasteiger partial charge is 0.487 e. The van der Waals surface area contributed by atoms with Gasteiger partial charge >= 0.3 is 0 Å². The topological polar surface area (TPSA) is 43.4 Å². The van der Waals surface area contributed by atoms with Crippen molar-refractivity contribution in [2.75, 3.05) is 19.0 Å². The van der Waals surface area contributed by atoms with Crippen LogP contribution in [0.5, 0.6) is 5.75 Å². The van der Waals surface area contributed by atoms with Crippen LogP contribution in [0.15, 0.2) is 42.5 Å². The molecule has 0 fully saturated rings. The second kappa shape index (κ2) is 7.50. The van der Waals surface area contributed by atoms with E-state index >= 15 is 0 Å². The number of hydrogen-bond acceptors (Lipinski definition) is 4. The number of methoxy groups -OCH3 is 1. The Balaban J connectivity index is 1.97. The number of benzene rings is 1. The molecule has 4 heteroatoms. The monoisotopic (exact) mass is 272 g/mol. The number of aromatic nitrogens is 1. The van der Waals surface area contributed by atoms with Crippen LogP contribution < -0.4 is 10.1 Å². The lowest BCUT2D eigenvalue weighted by Gasteiger charge is -2.09. The molecular formula is C16H20N2O2. The van der Waals surface area contributed by atoms with Crippen molar-refractivity contribution >= 4 is 5.82 Å². The molecule has 0 aliphatic heterocycles. The second-order valence-electron chi connectivity index (χ2n) is 4.41. The van der Waals surface area contributed by atoms with Gasteiger partial charge in [-0.1, -0.05) is 18.2 Å². The van der Waals surface area contributed by atoms with Crippen molar-refractivity contribution in [2.45, 2.75) is 20.1 Å². The third-order valence-corrected chi connectivity index (χ3v) is 2.76. The lowest BCUT2D eigenvalue weighted by molar-refractivity contribution is 0.184. The third-order valence-electron chi connectivity index (χ3n) is 2.76. The van der Waals surface area contributed by atoms with Gasteiger partial charge in [0.15, 0.2) is 0 Å². The molecule has 0 atom stereocenters. The Bertz CT molecular complexity index is 494. The van der Waals surface area contributed by atoms with E-state index in [9.17, 15) is 0 Å². The molecule has 0 bridgehead atoms. The van der Waals surface area contributed by atoms with Crippen molar-refractivity contribution in [3.8, 4) is 5.75 Å². The van der Waals surface area contributed by atoms with Gasteiger partial charge in [0.2, 0.25) is 0 Å². The van der Waals surface area contributed by atoms with E-state index in [1.807, 2.05) is 49.4 Å². The second-order valence-corrected chi connectivity index (χ2v) is 4.41. The summed E-state index contributed by atoms with van der Waals surface area (Å²) in [4.78, 5) is 4.48. The molecule has 4 nitrogen and oxygen atoms in total. The summed E-state index contributed by atoms with van der Waals surface area (Å²) in [5.74, 6) is 1.71. The fourth-order valence-corrected chi connectivity index (χ4v) is 1.89. The SMILES string of the molecule is CCNc1cccc(COc2cccc(COC)c2)n1. The zero-order valence-electron chi connectivity index (χ0n) is 11.9. The van der Waals surface area contributed by atoms with Crippen LogP contribution in [0.4, 0.5) is 5.82 Å². The van der Waals surface area contributed by atoms with Crippen molar-refractivity contribution in [3.05, 3.63) is 53.7 Å². The highest BCUT2D eigenvalue weighted by Gasteiger charge is 2.00. The van der Waals surface area contributed by atoms with Gasteiger partial charge < -0.3 is 14.8 Å². The molecular weight excluding hydrogens is 252 g/mol. The molecule has 0 aliphatic rings. The van der Waals surface area contributed by atoms with Crippen LogP contribution in [0.2, 0.25) is 0 Å². The third kappa shape index (κ3) is 4.24. The first-order valence-electron chi connectivity index (χ1n) is 6.72. The van der Waals surface area contributed by atoms with Crippen LogP contribution in [0.3, 0.4) is 0 Å². The molecule has 1 aromatic carbocycles. The van der Waals surface area contributed by atoms with Gasteiger partial charge in [-0.3, -0.25) is 0 Å². The molecule has 0 saturated carbocycles. The van der Waals surface area contributed by atoms with Gasteiger partial charge in [-0.15, -0.1) is 0 Å². The van der Waals surface area contributed by atoms with Gasteiger partial charge in [-0.05, 0) is 36.8 Å².